The van der Waals surface area contributed by atoms with Crippen molar-refractivity contribution in [1.29, 1.82) is 0 Å². The highest BCUT2D eigenvalue weighted by Gasteiger charge is 1.68. The van der Waals surface area contributed by atoms with E-state index in [4.69, 9.17) is 0 Å². The van der Waals surface area contributed by atoms with Gasteiger partial charge in [0.05, 0.1) is 0 Å². The van der Waals surface area contributed by atoms with Gasteiger partial charge in [0.25, 0.3) is 0 Å². The van der Waals surface area contributed by atoms with Gasteiger partial charge in [-0.3, -0.25) is 5.10 Å². The molecule has 1 heterocycles. The zero-order valence-corrected chi connectivity index (χ0v) is 7.40. The van der Waals surface area contributed by atoms with Gasteiger partial charge in [-0.15, -0.1) is 9.24 Å². The average Bonchev–Trinajstić information content (AvgIpc) is 2.44. The molecule has 0 aliphatic heterocycles. The Balaban J connectivity index is 0.000000162. The number of aromatic amines is 1. The average molecular weight is 159 g/mol. The third-order valence-electron chi connectivity index (χ3n) is 0.889. The summed E-state index contributed by atoms with van der Waals surface area (Å²) in [6, 6.07) is 0. The van der Waals surface area contributed by atoms with Gasteiger partial charge in [-0.1, -0.05) is 19.8 Å². The Bertz CT molecular complexity index is 99.3. The number of H-pyrrole nitrogens is 1. The second kappa shape index (κ2) is 8.57. The zero-order valence-electron chi connectivity index (χ0n) is 6.25. The van der Waals surface area contributed by atoms with Crippen LogP contribution in [0.5, 0.6) is 0 Å². The molecule has 0 radical (unpaired) electrons. The van der Waals surface area contributed by atoms with Crippen molar-refractivity contribution in [1.82, 2.24) is 15.2 Å². The van der Waals surface area contributed by atoms with E-state index in [2.05, 4.69) is 31.3 Å². The van der Waals surface area contributed by atoms with E-state index in [-0.39, 0.29) is 0 Å². The number of nitrogens with one attached hydrogen (secondary N) is 1. The van der Waals surface area contributed by atoms with E-state index < -0.39 is 0 Å². The van der Waals surface area contributed by atoms with Gasteiger partial charge in [0.2, 0.25) is 0 Å². The first kappa shape index (κ1) is 9.57. The van der Waals surface area contributed by atoms with Crippen LogP contribution < -0.4 is 0 Å². The summed E-state index contributed by atoms with van der Waals surface area (Å²) >= 11 is 0. The van der Waals surface area contributed by atoms with Crippen molar-refractivity contribution in [3.8, 4) is 0 Å². The Morgan fingerprint density at radius 3 is 2.50 bits per heavy atom. The Morgan fingerprint density at radius 1 is 1.60 bits per heavy atom. The van der Waals surface area contributed by atoms with Crippen molar-refractivity contribution in [2.24, 2.45) is 0 Å². The number of hydrogen-bond acceptors (Lipinski definition) is 2. The van der Waals surface area contributed by atoms with Gasteiger partial charge >= 0.3 is 0 Å². The normalized spacial score (nSPS) is 8.20. The number of nitrogens with zero attached hydrogens (tertiary/aromatic N) is 2. The molecule has 1 N–H and O–H groups in total. The van der Waals surface area contributed by atoms with Crippen LogP contribution in [0.1, 0.15) is 19.8 Å². The molecule has 1 aromatic rings. The molecule has 4 heteroatoms. The number of unbranched alkanes of at least 4 members (excludes halogenated alkanes) is 1. The molecule has 0 aromatic carbocycles. The first-order valence-corrected chi connectivity index (χ1v) is 4.22. The molecule has 0 amide bonds. The molecule has 10 heavy (non-hydrogen) atoms. The van der Waals surface area contributed by atoms with Crippen LogP contribution in [0.2, 0.25) is 0 Å². The Kier molecular flexibility index (Phi) is 8.20. The first-order chi connectivity index (χ1) is 4.91. The summed E-state index contributed by atoms with van der Waals surface area (Å²) < 4.78 is 0. The van der Waals surface area contributed by atoms with Gasteiger partial charge in [-0.25, -0.2) is 4.98 Å². The highest BCUT2D eigenvalue weighted by atomic mass is 31.0. The van der Waals surface area contributed by atoms with Gasteiger partial charge in [-0.05, 0) is 6.16 Å². The minimum absolute atomic E-state index is 1.26. The van der Waals surface area contributed by atoms with Crippen molar-refractivity contribution in [3.05, 3.63) is 12.7 Å². The third-order valence-corrected chi connectivity index (χ3v) is 1.30. The second-order valence-electron chi connectivity index (χ2n) is 1.79. The minimum atomic E-state index is 1.26. The van der Waals surface area contributed by atoms with Crippen LogP contribution in [0.15, 0.2) is 12.7 Å². The third kappa shape index (κ3) is 7.57. The smallest absolute Gasteiger partial charge is 0.137 e. The monoisotopic (exact) mass is 159 g/mol. The van der Waals surface area contributed by atoms with E-state index >= 15 is 0 Å². The van der Waals surface area contributed by atoms with Crippen molar-refractivity contribution in [2.75, 3.05) is 6.16 Å². The highest BCUT2D eigenvalue weighted by molar-refractivity contribution is 7.16. The summed E-state index contributed by atoms with van der Waals surface area (Å²) in [6.07, 6.45) is 6.89. The van der Waals surface area contributed by atoms with Gasteiger partial charge in [0.15, 0.2) is 0 Å². The lowest BCUT2D eigenvalue weighted by Gasteiger charge is -1.79. The number of aromatic nitrogens is 3. The SMILES string of the molecule is CCCCP.c1nc[nH]n1. The van der Waals surface area contributed by atoms with E-state index in [9.17, 15) is 0 Å². The molecule has 1 unspecified atom stereocenters. The lowest BCUT2D eigenvalue weighted by Crippen LogP contribution is -1.64. The number of rotatable bonds is 2. The van der Waals surface area contributed by atoms with E-state index in [1.165, 1.54) is 31.7 Å². The molecule has 1 rings (SSSR count). The van der Waals surface area contributed by atoms with Crippen LogP contribution in [0, 0.1) is 0 Å². The maximum absolute atomic E-state index is 3.56. The molecule has 0 bridgehead atoms. The van der Waals surface area contributed by atoms with Crippen molar-refractivity contribution in [2.45, 2.75) is 19.8 Å². The fourth-order valence-corrected chi connectivity index (χ4v) is 0.779. The Hall–Kier alpha value is -0.430. The molecule has 0 aliphatic rings. The zero-order chi connectivity index (χ0) is 7.66. The molecule has 3 nitrogen and oxygen atoms in total. The molecule has 1 aromatic heterocycles. The van der Waals surface area contributed by atoms with Crippen LogP contribution in [-0.2, 0) is 0 Å². The van der Waals surface area contributed by atoms with Gasteiger partial charge in [0.1, 0.15) is 12.7 Å². The largest absolute Gasteiger partial charge is 0.266 e. The summed E-state index contributed by atoms with van der Waals surface area (Å²) in [6.45, 7) is 2.20. The Labute approximate surface area is 63.8 Å². The van der Waals surface area contributed by atoms with Crippen LogP contribution in [0.4, 0.5) is 0 Å². The standard InChI is InChI=1S/C4H11P.C2H3N3/c1-2-3-4-5;1-3-2-5-4-1/h2-5H2,1H3;1-2H,(H,3,4,5). The van der Waals surface area contributed by atoms with E-state index in [1.54, 1.807) is 0 Å². The second-order valence-corrected chi connectivity index (χ2v) is 2.37. The quantitative estimate of drug-likeness (QED) is 0.664. The molecule has 0 fully saturated rings. The molecule has 0 saturated carbocycles. The molecule has 0 saturated heterocycles. The molecular formula is C6H14N3P. The lowest BCUT2D eigenvalue weighted by molar-refractivity contribution is 0.897. The molecule has 0 aliphatic carbocycles. The lowest BCUT2D eigenvalue weighted by atomic mass is 10.4. The Morgan fingerprint density at radius 2 is 2.40 bits per heavy atom. The topological polar surface area (TPSA) is 41.6 Å². The van der Waals surface area contributed by atoms with E-state index in [0.29, 0.717) is 0 Å². The summed E-state index contributed by atoms with van der Waals surface area (Å²) in [7, 11) is 2.70. The van der Waals surface area contributed by atoms with Crippen molar-refractivity contribution < 1.29 is 0 Å². The summed E-state index contributed by atoms with van der Waals surface area (Å²) in [5.74, 6) is 0. The predicted octanol–water partition coefficient (Wildman–Crippen LogP) is 1.47. The molecule has 1 atom stereocenters. The summed E-state index contributed by atoms with van der Waals surface area (Å²) in [5.41, 5.74) is 0. The van der Waals surface area contributed by atoms with Crippen LogP contribution in [-0.4, -0.2) is 21.3 Å². The maximum Gasteiger partial charge on any atom is 0.137 e. The molecule has 58 valence electrons. The van der Waals surface area contributed by atoms with Crippen molar-refractivity contribution in [3.63, 3.8) is 0 Å². The molecule has 0 spiro atoms. The summed E-state index contributed by atoms with van der Waals surface area (Å²) in [5, 5.41) is 5.99. The van der Waals surface area contributed by atoms with Gasteiger partial charge in [0, 0.05) is 0 Å². The summed E-state index contributed by atoms with van der Waals surface area (Å²) in [4.78, 5) is 3.56. The fraction of sp³-hybridized carbons (Fsp3) is 0.667. The van der Waals surface area contributed by atoms with E-state index in [1.807, 2.05) is 0 Å². The van der Waals surface area contributed by atoms with Crippen LogP contribution >= 0.6 is 9.24 Å². The van der Waals surface area contributed by atoms with Gasteiger partial charge in [-0.2, -0.15) is 5.10 Å². The van der Waals surface area contributed by atoms with Crippen LogP contribution in [0.25, 0.3) is 0 Å². The first-order valence-electron chi connectivity index (χ1n) is 3.40. The fourth-order valence-electron chi connectivity index (χ4n) is 0.371. The highest BCUT2D eigenvalue weighted by Crippen LogP contribution is 1.89. The maximum atomic E-state index is 3.56. The van der Waals surface area contributed by atoms with Gasteiger partial charge < -0.3 is 0 Å². The van der Waals surface area contributed by atoms with E-state index in [0.717, 1.165) is 0 Å². The minimum Gasteiger partial charge on any atom is -0.266 e. The molecular weight excluding hydrogens is 145 g/mol. The number of hydrogen-bond donors (Lipinski definition) is 1. The van der Waals surface area contributed by atoms with Crippen molar-refractivity contribution >= 4 is 9.24 Å². The van der Waals surface area contributed by atoms with Crippen LogP contribution in [0.3, 0.4) is 0 Å². The predicted molar refractivity (Wildman–Crippen MR) is 45.9 cm³/mol.